The summed E-state index contributed by atoms with van der Waals surface area (Å²) in [5.74, 6) is 0.550. The molecule has 0 aromatic rings. The third kappa shape index (κ3) is 1.45. The van der Waals surface area contributed by atoms with E-state index in [0.29, 0.717) is 17.1 Å². The quantitative estimate of drug-likeness (QED) is 0.610. The van der Waals surface area contributed by atoms with Crippen LogP contribution in [0.2, 0.25) is 0 Å². The van der Waals surface area contributed by atoms with E-state index in [1.54, 1.807) is 0 Å². The van der Waals surface area contributed by atoms with Gasteiger partial charge in [0.2, 0.25) is 0 Å². The maximum Gasteiger partial charge on any atom is 0.166 e. The molecule has 3 rings (SSSR count). The number of hydrogen-bond acceptors (Lipinski definition) is 2. The van der Waals surface area contributed by atoms with Crippen molar-refractivity contribution in [3.8, 4) is 0 Å². The molecule has 3 N–H and O–H groups in total. The van der Waals surface area contributed by atoms with Crippen LogP contribution in [0.1, 0.15) is 6.42 Å². The minimum absolute atomic E-state index is 0.446. The van der Waals surface area contributed by atoms with Crippen LogP contribution in [0.3, 0.4) is 0 Å². The summed E-state index contributed by atoms with van der Waals surface area (Å²) in [5, 5.41) is 4.07. The van der Waals surface area contributed by atoms with Gasteiger partial charge in [0.05, 0.1) is 12.6 Å². The van der Waals surface area contributed by atoms with Crippen LogP contribution < -0.4 is 11.1 Å². The molecule has 0 radical (unpaired) electrons. The Kier molecular flexibility index (Phi) is 2.24. The molecule has 0 aromatic carbocycles. The van der Waals surface area contributed by atoms with Gasteiger partial charge in [-0.2, -0.15) is 0 Å². The normalized spacial score (nSPS) is 31.1. The molecule has 2 unspecified atom stereocenters. The summed E-state index contributed by atoms with van der Waals surface area (Å²) in [5.41, 5.74) is 8.54. The van der Waals surface area contributed by atoms with Crippen molar-refractivity contribution >= 4 is 17.3 Å². The summed E-state index contributed by atoms with van der Waals surface area (Å²) in [7, 11) is 0. The van der Waals surface area contributed by atoms with Crippen LogP contribution in [-0.2, 0) is 0 Å². The van der Waals surface area contributed by atoms with E-state index in [2.05, 4.69) is 34.5 Å². The predicted octanol–water partition coefficient (Wildman–Crippen LogP) is 0.904. The van der Waals surface area contributed by atoms with Crippen LogP contribution in [0.25, 0.3) is 0 Å². The Bertz CT molecular complexity index is 422. The summed E-state index contributed by atoms with van der Waals surface area (Å²) in [4.78, 5) is 2.06. The lowest BCUT2D eigenvalue weighted by atomic mass is 9.88. The molecule has 2 atom stereocenters. The SMILES string of the molecule is NC(=S)N1CCC2=C(C1)NC1C=CC=CC21. The van der Waals surface area contributed by atoms with Crippen LogP contribution in [-0.4, -0.2) is 29.1 Å². The van der Waals surface area contributed by atoms with Gasteiger partial charge >= 0.3 is 0 Å². The lowest BCUT2D eigenvalue weighted by molar-refractivity contribution is 0.427. The molecule has 0 aromatic heterocycles. The first kappa shape index (κ1) is 9.90. The molecule has 3 nitrogen and oxygen atoms in total. The topological polar surface area (TPSA) is 41.3 Å². The maximum atomic E-state index is 5.68. The highest BCUT2D eigenvalue weighted by Crippen LogP contribution is 2.34. The molecule has 0 bridgehead atoms. The monoisotopic (exact) mass is 233 g/mol. The fourth-order valence-corrected chi connectivity index (χ4v) is 2.91. The number of nitrogens with one attached hydrogen (secondary N) is 1. The zero-order valence-corrected chi connectivity index (χ0v) is 9.83. The average molecular weight is 233 g/mol. The number of thiocarbonyl (C=S) groups is 1. The van der Waals surface area contributed by atoms with Crippen molar-refractivity contribution in [2.75, 3.05) is 13.1 Å². The van der Waals surface area contributed by atoms with Gasteiger partial charge in [-0.15, -0.1) is 0 Å². The van der Waals surface area contributed by atoms with Crippen LogP contribution in [0.4, 0.5) is 0 Å². The highest BCUT2D eigenvalue weighted by atomic mass is 32.1. The molecule has 0 saturated heterocycles. The number of hydrogen-bond donors (Lipinski definition) is 2. The Morgan fingerprint density at radius 3 is 3.06 bits per heavy atom. The molecule has 16 heavy (non-hydrogen) atoms. The van der Waals surface area contributed by atoms with Crippen LogP contribution in [0, 0.1) is 5.92 Å². The highest BCUT2D eigenvalue weighted by molar-refractivity contribution is 7.80. The molecule has 1 aliphatic carbocycles. The van der Waals surface area contributed by atoms with Gasteiger partial charge < -0.3 is 16.0 Å². The largest absolute Gasteiger partial charge is 0.380 e. The molecule has 0 fully saturated rings. The number of rotatable bonds is 0. The summed E-state index contributed by atoms with van der Waals surface area (Å²) in [6.45, 7) is 1.80. The number of nitrogens with zero attached hydrogens (tertiary/aromatic N) is 1. The van der Waals surface area contributed by atoms with E-state index in [1.807, 2.05) is 0 Å². The van der Waals surface area contributed by atoms with Crippen molar-refractivity contribution in [1.82, 2.24) is 10.2 Å². The van der Waals surface area contributed by atoms with Crippen molar-refractivity contribution in [3.05, 3.63) is 35.6 Å². The molecule has 84 valence electrons. The van der Waals surface area contributed by atoms with Crippen molar-refractivity contribution in [1.29, 1.82) is 0 Å². The highest BCUT2D eigenvalue weighted by Gasteiger charge is 2.34. The molecular formula is C12H15N3S. The second-order valence-corrected chi connectivity index (χ2v) is 4.90. The summed E-state index contributed by atoms with van der Waals surface area (Å²) in [6, 6.07) is 0.446. The lowest BCUT2D eigenvalue weighted by Crippen LogP contribution is -2.41. The standard InChI is InChI=1S/C12H15N3S/c13-12(16)15-6-5-9-8-3-1-2-4-10(8)14-11(9)7-15/h1-4,8,10,14H,5-7H2,(H2,13,16). The van der Waals surface area contributed by atoms with Gasteiger partial charge in [0.15, 0.2) is 5.11 Å². The van der Waals surface area contributed by atoms with E-state index in [9.17, 15) is 0 Å². The van der Waals surface area contributed by atoms with Gasteiger partial charge in [-0.25, -0.2) is 0 Å². The first-order valence-electron chi connectivity index (χ1n) is 5.63. The van der Waals surface area contributed by atoms with E-state index in [-0.39, 0.29) is 0 Å². The second kappa shape index (κ2) is 3.63. The summed E-state index contributed by atoms with van der Waals surface area (Å²) < 4.78 is 0. The van der Waals surface area contributed by atoms with Gasteiger partial charge in [-0.05, 0) is 24.2 Å². The smallest absolute Gasteiger partial charge is 0.166 e. The fraction of sp³-hybridized carbons (Fsp3) is 0.417. The molecule has 0 saturated carbocycles. The van der Waals surface area contributed by atoms with Gasteiger partial charge in [-0.1, -0.05) is 24.3 Å². The first-order valence-corrected chi connectivity index (χ1v) is 6.04. The summed E-state index contributed by atoms with van der Waals surface area (Å²) in [6.07, 6.45) is 9.83. The number of allylic oxidation sites excluding steroid dienone is 2. The van der Waals surface area contributed by atoms with Crippen molar-refractivity contribution in [3.63, 3.8) is 0 Å². The molecule has 2 aliphatic heterocycles. The van der Waals surface area contributed by atoms with Crippen LogP contribution in [0.15, 0.2) is 35.6 Å². The Labute approximate surface area is 101 Å². The molecule has 3 aliphatic rings. The Hall–Kier alpha value is -1.29. The average Bonchev–Trinajstić information content (AvgIpc) is 2.66. The zero-order valence-electron chi connectivity index (χ0n) is 9.02. The fourth-order valence-electron chi connectivity index (χ4n) is 2.75. The van der Waals surface area contributed by atoms with Crippen LogP contribution in [0.5, 0.6) is 0 Å². The van der Waals surface area contributed by atoms with E-state index in [0.717, 1.165) is 19.5 Å². The minimum atomic E-state index is 0.446. The number of nitrogens with two attached hydrogens (primary N) is 1. The molecule has 2 heterocycles. The number of fused-ring (bicyclic) bond motifs is 2. The van der Waals surface area contributed by atoms with E-state index in [1.165, 1.54) is 11.3 Å². The predicted molar refractivity (Wildman–Crippen MR) is 68.7 cm³/mol. The molecule has 0 spiro atoms. The third-order valence-electron chi connectivity index (χ3n) is 3.58. The Morgan fingerprint density at radius 1 is 1.44 bits per heavy atom. The van der Waals surface area contributed by atoms with E-state index < -0.39 is 0 Å². The van der Waals surface area contributed by atoms with Crippen LogP contribution >= 0.6 is 12.2 Å². The van der Waals surface area contributed by atoms with Gasteiger partial charge in [0, 0.05) is 18.2 Å². The lowest BCUT2D eigenvalue weighted by Gasteiger charge is -2.29. The molecule has 4 heteroatoms. The first-order chi connectivity index (χ1) is 7.75. The summed E-state index contributed by atoms with van der Waals surface area (Å²) >= 11 is 5.03. The Morgan fingerprint density at radius 2 is 2.25 bits per heavy atom. The maximum absolute atomic E-state index is 5.68. The molecular weight excluding hydrogens is 218 g/mol. The zero-order chi connectivity index (χ0) is 11.1. The van der Waals surface area contributed by atoms with Gasteiger partial charge in [0.25, 0.3) is 0 Å². The second-order valence-electron chi connectivity index (χ2n) is 4.48. The van der Waals surface area contributed by atoms with E-state index >= 15 is 0 Å². The van der Waals surface area contributed by atoms with Crippen molar-refractivity contribution in [2.24, 2.45) is 11.7 Å². The Balaban J connectivity index is 1.84. The van der Waals surface area contributed by atoms with Gasteiger partial charge in [-0.3, -0.25) is 0 Å². The minimum Gasteiger partial charge on any atom is -0.380 e. The van der Waals surface area contributed by atoms with Crippen molar-refractivity contribution < 1.29 is 0 Å². The van der Waals surface area contributed by atoms with Gasteiger partial charge in [0.1, 0.15) is 0 Å². The third-order valence-corrected chi connectivity index (χ3v) is 3.84. The molecule has 0 amide bonds. The van der Waals surface area contributed by atoms with Crippen molar-refractivity contribution in [2.45, 2.75) is 12.5 Å². The van der Waals surface area contributed by atoms with E-state index in [4.69, 9.17) is 18.0 Å².